The molecule has 224 valence electrons. The van der Waals surface area contributed by atoms with Crippen molar-refractivity contribution in [3.63, 3.8) is 0 Å². The molecule has 6 N–H and O–H groups in total. The van der Waals surface area contributed by atoms with Gasteiger partial charge in [-0.2, -0.15) is 0 Å². The summed E-state index contributed by atoms with van der Waals surface area (Å²) >= 11 is 0. The molecule has 2 saturated heterocycles. The number of ether oxygens (including phenoxy) is 2. The second-order valence-electron chi connectivity index (χ2n) is 10.5. The lowest BCUT2D eigenvalue weighted by molar-refractivity contribution is -0.134. The molecule has 0 aromatic heterocycles. The number of rotatable bonds is 16. The number of carbonyl (C=O) groups is 2. The maximum atomic E-state index is 15.0. The summed E-state index contributed by atoms with van der Waals surface area (Å²) in [6.07, 6.45) is 6.41. The Morgan fingerprint density at radius 2 is 1.88 bits per heavy atom. The lowest BCUT2D eigenvalue weighted by atomic mass is 10.1. The van der Waals surface area contributed by atoms with Crippen molar-refractivity contribution in [2.45, 2.75) is 70.4 Å². The molecule has 11 nitrogen and oxygen atoms in total. The molecular weight excluding hydrogens is 517 g/mol. The summed E-state index contributed by atoms with van der Waals surface area (Å²) in [6, 6.07) is 4.07. The van der Waals surface area contributed by atoms with E-state index in [0.29, 0.717) is 63.6 Å². The van der Waals surface area contributed by atoms with Gasteiger partial charge in [0, 0.05) is 26.2 Å². The van der Waals surface area contributed by atoms with Crippen LogP contribution in [-0.4, -0.2) is 87.5 Å². The van der Waals surface area contributed by atoms with Crippen molar-refractivity contribution >= 4 is 29.3 Å². The zero-order valence-corrected chi connectivity index (χ0v) is 23.7. The molecule has 1 aromatic rings. The first-order chi connectivity index (χ1) is 19.3. The molecule has 0 spiro atoms. The molecule has 0 unspecified atom stereocenters. The molecule has 2 amide bonds. The number of carbonyl (C=O) groups excluding carboxylic acids is 2. The lowest BCUT2D eigenvalue weighted by Gasteiger charge is -2.29. The maximum Gasteiger partial charge on any atom is 0.414 e. The van der Waals surface area contributed by atoms with Crippen LogP contribution in [0.25, 0.3) is 0 Å². The number of aliphatic imine (C=N–C) groups is 1. The SMILES string of the molecule is CCCCCCCCN(C[C@H]1CN(c2ccc(N3CCOCC3)c(F)c2)C(=O)O1)C(=O)[C@@H](N)CCCN=C(N)N. The summed E-state index contributed by atoms with van der Waals surface area (Å²) in [4.78, 5) is 35.0. The molecule has 2 heterocycles. The van der Waals surface area contributed by atoms with Crippen molar-refractivity contribution in [2.24, 2.45) is 22.2 Å². The third-order valence-corrected chi connectivity index (χ3v) is 7.27. The normalized spacial score (nSPS) is 18.0. The first-order valence-corrected chi connectivity index (χ1v) is 14.5. The van der Waals surface area contributed by atoms with Crippen LogP contribution in [0.3, 0.4) is 0 Å². The van der Waals surface area contributed by atoms with Gasteiger partial charge >= 0.3 is 6.09 Å². The number of benzene rings is 1. The monoisotopic (exact) mass is 563 g/mol. The average Bonchev–Trinajstić information content (AvgIpc) is 3.31. The van der Waals surface area contributed by atoms with Crippen LogP contribution >= 0.6 is 0 Å². The van der Waals surface area contributed by atoms with Crippen LogP contribution in [0.4, 0.5) is 20.6 Å². The topological polar surface area (TPSA) is 153 Å². The maximum absolute atomic E-state index is 15.0. The fraction of sp³-hybridized carbons (Fsp3) is 0.679. The van der Waals surface area contributed by atoms with Gasteiger partial charge in [0.05, 0.1) is 43.7 Å². The highest BCUT2D eigenvalue weighted by molar-refractivity contribution is 5.90. The fourth-order valence-corrected chi connectivity index (χ4v) is 5.05. The Labute approximate surface area is 236 Å². The van der Waals surface area contributed by atoms with Gasteiger partial charge in [-0.15, -0.1) is 0 Å². The second-order valence-corrected chi connectivity index (χ2v) is 10.5. The number of unbranched alkanes of at least 4 members (excludes halogenated alkanes) is 5. The van der Waals surface area contributed by atoms with E-state index in [0.717, 1.165) is 19.3 Å². The molecule has 0 bridgehead atoms. The average molecular weight is 564 g/mol. The number of guanidine groups is 1. The van der Waals surface area contributed by atoms with Crippen molar-refractivity contribution in [1.82, 2.24) is 4.90 Å². The molecule has 2 fully saturated rings. The first-order valence-electron chi connectivity index (χ1n) is 14.5. The number of nitrogens with zero attached hydrogens (tertiary/aromatic N) is 4. The number of hydrogen-bond acceptors (Lipinski definition) is 7. The summed E-state index contributed by atoms with van der Waals surface area (Å²) in [7, 11) is 0. The Hall–Kier alpha value is -3.12. The van der Waals surface area contributed by atoms with Crippen molar-refractivity contribution in [1.29, 1.82) is 0 Å². The summed E-state index contributed by atoms with van der Waals surface area (Å²) < 4.78 is 26.0. The van der Waals surface area contributed by atoms with Crippen molar-refractivity contribution in [3.8, 4) is 0 Å². The zero-order valence-electron chi connectivity index (χ0n) is 23.7. The molecule has 0 radical (unpaired) electrons. The summed E-state index contributed by atoms with van der Waals surface area (Å²) in [5, 5.41) is 0. The molecular formula is C28H46FN7O4. The van der Waals surface area contributed by atoms with E-state index in [1.807, 2.05) is 4.90 Å². The summed E-state index contributed by atoms with van der Waals surface area (Å²) in [5.41, 5.74) is 17.9. The van der Waals surface area contributed by atoms with E-state index >= 15 is 0 Å². The highest BCUT2D eigenvalue weighted by Gasteiger charge is 2.35. The van der Waals surface area contributed by atoms with E-state index in [4.69, 9.17) is 26.7 Å². The van der Waals surface area contributed by atoms with E-state index in [-0.39, 0.29) is 25.0 Å². The van der Waals surface area contributed by atoms with Crippen LogP contribution in [0.15, 0.2) is 23.2 Å². The van der Waals surface area contributed by atoms with E-state index in [1.54, 1.807) is 17.0 Å². The molecule has 0 saturated carbocycles. The highest BCUT2D eigenvalue weighted by Crippen LogP contribution is 2.28. The van der Waals surface area contributed by atoms with Gasteiger partial charge in [-0.3, -0.25) is 14.7 Å². The Balaban J connectivity index is 1.61. The van der Waals surface area contributed by atoms with Gasteiger partial charge in [0.1, 0.15) is 11.9 Å². The minimum absolute atomic E-state index is 0.00724. The number of nitrogens with two attached hydrogens (primary N) is 3. The van der Waals surface area contributed by atoms with E-state index in [1.165, 1.54) is 30.2 Å². The minimum Gasteiger partial charge on any atom is -0.442 e. The number of cyclic esters (lactones) is 1. The third-order valence-electron chi connectivity index (χ3n) is 7.27. The molecule has 0 aliphatic carbocycles. The van der Waals surface area contributed by atoms with Crippen LogP contribution in [0.2, 0.25) is 0 Å². The van der Waals surface area contributed by atoms with Gasteiger partial charge in [-0.05, 0) is 37.5 Å². The predicted molar refractivity (Wildman–Crippen MR) is 155 cm³/mol. The Morgan fingerprint density at radius 1 is 1.15 bits per heavy atom. The molecule has 40 heavy (non-hydrogen) atoms. The van der Waals surface area contributed by atoms with Crippen molar-refractivity contribution in [2.75, 3.05) is 62.3 Å². The lowest BCUT2D eigenvalue weighted by Crippen LogP contribution is -2.47. The predicted octanol–water partition coefficient (Wildman–Crippen LogP) is 2.56. The van der Waals surface area contributed by atoms with Crippen LogP contribution in [-0.2, 0) is 14.3 Å². The second kappa shape index (κ2) is 16.2. The van der Waals surface area contributed by atoms with Crippen LogP contribution in [0.1, 0.15) is 58.3 Å². The molecule has 12 heteroatoms. The van der Waals surface area contributed by atoms with Gasteiger partial charge in [0.25, 0.3) is 0 Å². The first kappa shape index (κ1) is 31.4. The van der Waals surface area contributed by atoms with Crippen molar-refractivity contribution < 1.29 is 23.5 Å². The highest BCUT2D eigenvalue weighted by atomic mass is 19.1. The zero-order chi connectivity index (χ0) is 28.9. The molecule has 1 aromatic carbocycles. The smallest absolute Gasteiger partial charge is 0.414 e. The van der Waals surface area contributed by atoms with Gasteiger partial charge < -0.3 is 36.5 Å². The Bertz CT molecular complexity index is 985. The standard InChI is InChI=1S/C28H46FN7O4/c1-2-3-4-5-6-7-13-35(26(37)24(30)9-8-12-33-27(31)32)19-22-20-36(28(38)40-22)21-10-11-25(23(29)18-21)34-14-16-39-17-15-34/h10-11,18,22,24H,2-9,12-17,19-20,30H2,1H3,(H4,31,32,33)/t22-,24-/m0/s1. The molecule has 3 rings (SSSR count). The van der Waals surface area contributed by atoms with E-state index in [9.17, 15) is 14.0 Å². The minimum atomic E-state index is -0.704. The Morgan fingerprint density at radius 3 is 2.58 bits per heavy atom. The van der Waals surface area contributed by atoms with Gasteiger partial charge in [0.2, 0.25) is 5.91 Å². The van der Waals surface area contributed by atoms with Crippen LogP contribution < -0.4 is 27.0 Å². The quantitative estimate of drug-likeness (QED) is 0.158. The number of hydrogen-bond donors (Lipinski definition) is 3. The van der Waals surface area contributed by atoms with Crippen LogP contribution in [0, 0.1) is 5.82 Å². The van der Waals surface area contributed by atoms with Gasteiger partial charge in [-0.1, -0.05) is 39.0 Å². The molecule has 2 atom stereocenters. The number of halogens is 1. The van der Waals surface area contributed by atoms with Gasteiger partial charge in [0.15, 0.2) is 5.96 Å². The largest absolute Gasteiger partial charge is 0.442 e. The fourth-order valence-electron chi connectivity index (χ4n) is 5.05. The Kier molecular flexibility index (Phi) is 12.7. The molecule has 2 aliphatic heterocycles. The van der Waals surface area contributed by atoms with E-state index in [2.05, 4.69) is 11.9 Å². The number of morpholine rings is 1. The number of amides is 2. The summed E-state index contributed by atoms with van der Waals surface area (Å²) in [5.74, 6) is -0.580. The van der Waals surface area contributed by atoms with Crippen molar-refractivity contribution in [3.05, 3.63) is 24.0 Å². The molecule has 2 aliphatic rings. The summed E-state index contributed by atoms with van der Waals surface area (Å²) in [6.45, 7) is 5.88. The number of anilines is 2. The van der Waals surface area contributed by atoms with Gasteiger partial charge in [-0.25, -0.2) is 9.18 Å². The third kappa shape index (κ3) is 9.51. The van der Waals surface area contributed by atoms with E-state index < -0.39 is 24.1 Å². The van der Waals surface area contributed by atoms with Crippen LogP contribution in [0.5, 0.6) is 0 Å².